The highest BCUT2D eigenvalue weighted by Gasteiger charge is 2.32. The second-order valence-electron chi connectivity index (χ2n) is 6.14. The number of hydrogen-bond donors (Lipinski definition) is 1. The number of likely N-dealkylation sites (tertiary alicyclic amines) is 1. The quantitative estimate of drug-likeness (QED) is 0.751. The number of piperidine rings is 1. The van der Waals surface area contributed by atoms with Crippen LogP contribution < -0.4 is 4.72 Å². The van der Waals surface area contributed by atoms with Crippen LogP contribution in [0.5, 0.6) is 0 Å². The molecule has 18 heavy (non-hydrogen) atoms. The lowest BCUT2D eigenvalue weighted by Gasteiger charge is -2.40. The number of nitrogens with one attached hydrogen (secondary N) is 1. The van der Waals surface area contributed by atoms with Gasteiger partial charge in [-0.3, -0.25) is 4.72 Å². The molecule has 1 saturated heterocycles. The van der Waals surface area contributed by atoms with Gasteiger partial charge in [-0.1, -0.05) is 25.8 Å². The highest BCUT2D eigenvalue weighted by molar-refractivity contribution is 7.96. The van der Waals surface area contributed by atoms with Gasteiger partial charge in [0, 0.05) is 25.7 Å². The van der Waals surface area contributed by atoms with Crippen LogP contribution in [0, 0.1) is 5.92 Å². The van der Waals surface area contributed by atoms with Crippen LogP contribution in [0.25, 0.3) is 0 Å². The Hall–Kier alpha value is 0.230. The normalized spacial score (nSPS) is 30.7. The largest absolute Gasteiger partial charge is 0.375 e. The zero-order valence-electron chi connectivity index (χ0n) is 12.0. The lowest BCUT2D eigenvalue weighted by molar-refractivity contribution is -0.0818. The van der Waals surface area contributed by atoms with Gasteiger partial charge in [0.1, 0.15) is 0 Å². The summed E-state index contributed by atoms with van der Waals surface area (Å²) < 4.78 is 9.59. The minimum atomic E-state index is 0.522. The Kier molecular flexibility index (Phi) is 5.80. The predicted molar refractivity (Wildman–Crippen MR) is 78.8 cm³/mol. The Morgan fingerprint density at radius 3 is 2.44 bits per heavy atom. The van der Waals surface area contributed by atoms with Crippen LogP contribution >= 0.6 is 11.9 Å². The summed E-state index contributed by atoms with van der Waals surface area (Å²) in [5, 5.41) is 0. The third-order valence-electron chi connectivity index (χ3n) is 3.92. The molecular weight excluding hydrogens is 244 g/mol. The van der Waals surface area contributed by atoms with E-state index in [9.17, 15) is 0 Å². The molecule has 0 atom stereocenters. The van der Waals surface area contributed by atoms with Crippen molar-refractivity contribution in [1.29, 1.82) is 0 Å². The van der Waals surface area contributed by atoms with E-state index in [0.29, 0.717) is 18.2 Å². The van der Waals surface area contributed by atoms with Crippen molar-refractivity contribution in [2.75, 3.05) is 25.9 Å². The molecule has 1 saturated carbocycles. The van der Waals surface area contributed by atoms with Crippen LogP contribution in [0.15, 0.2) is 0 Å². The molecule has 0 aromatic carbocycles. The summed E-state index contributed by atoms with van der Waals surface area (Å²) in [6.45, 7) is 8.30. The van der Waals surface area contributed by atoms with Crippen LogP contribution in [-0.2, 0) is 4.74 Å². The van der Waals surface area contributed by atoms with Crippen molar-refractivity contribution >= 4 is 11.9 Å². The molecule has 2 rings (SSSR count). The molecule has 3 nitrogen and oxygen atoms in total. The van der Waals surface area contributed by atoms with Gasteiger partial charge in [0.05, 0.1) is 12.2 Å². The van der Waals surface area contributed by atoms with E-state index in [2.05, 4.69) is 29.7 Å². The fourth-order valence-corrected chi connectivity index (χ4v) is 3.48. The molecule has 0 aromatic rings. The minimum Gasteiger partial charge on any atom is -0.375 e. The van der Waals surface area contributed by atoms with Gasteiger partial charge in [-0.25, -0.2) is 0 Å². The second kappa shape index (κ2) is 7.13. The van der Waals surface area contributed by atoms with Crippen molar-refractivity contribution in [1.82, 2.24) is 9.62 Å². The van der Waals surface area contributed by atoms with Crippen LogP contribution in [0.1, 0.15) is 39.5 Å². The third-order valence-corrected chi connectivity index (χ3v) is 4.49. The fraction of sp³-hybridized carbons (Fsp3) is 1.00. The standard InChI is InChI=1S/C14H28N2OS/c1-11(2)10-16-6-4-13(5-7-16)17-14-8-12(9-14)15-18-3/h11-15H,4-10H2,1-3H3/t12-,14-. The molecule has 0 amide bonds. The first-order valence-electron chi connectivity index (χ1n) is 7.33. The predicted octanol–water partition coefficient (Wildman–Crippen LogP) is 2.52. The van der Waals surface area contributed by atoms with E-state index in [4.69, 9.17) is 4.74 Å². The maximum absolute atomic E-state index is 6.18. The number of hydrogen-bond acceptors (Lipinski definition) is 4. The van der Waals surface area contributed by atoms with Crippen LogP contribution in [0.4, 0.5) is 0 Å². The molecule has 0 aromatic heterocycles. The van der Waals surface area contributed by atoms with E-state index in [1.54, 1.807) is 11.9 Å². The highest BCUT2D eigenvalue weighted by atomic mass is 32.2. The van der Waals surface area contributed by atoms with Crippen LogP contribution in [0.3, 0.4) is 0 Å². The molecule has 0 unspecified atom stereocenters. The van der Waals surface area contributed by atoms with Crippen molar-refractivity contribution in [2.45, 2.75) is 57.8 Å². The smallest absolute Gasteiger partial charge is 0.0609 e. The lowest BCUT2D eigenvalue weighted by atomic mass is 9.89. The number of ether oxygens (including phenoxy) is 1. The fourth-order valence-electron chi connectivity index (χ4n) is 2.96. The Balaban J connectivity index is 1.57. The summed E-state index contributed by atoms with van der Waals surface area (Å²) in [7, 11) is 0. The highest BCUT2D eigenvalue weighted by Crippen LogP contribution is 2.28. The Labute approximate surface area is 116 Å². The molecule has 0 spiro atoms. The number of rotatable bonds is 6. The molecule has 0 radical (unpaired) electrons. The maximum atomic E-state index is 6.18. The summed E-state index contributed by atoms with van der Waals surface area (Å²) in [6, 6.07) is 0.686. The van der Waals surface area contributed by atoms with Gasteiger partial charge in [-0.2, -0.15) is 0 Å². The van der Waals surface area contributed by atoms with Gasteiger partial charge in [0.2, 0.25) is 0 Å². The van der Waals surface area contributed by atoms with E-state index in [-0.39, 0.29) is 0 Å². The molecule has 0 bridgehead atoms. The van der Waals surface area contributed by atoms with Gasteiger partial charge in [0.25, 0.3) is 0 Å². The summed E-state index contributed by atoms with van der Waals surface area (Å²) in [5.74, 6) is 0.785. The first-order chi connectivity index (χ1) is 8.67. The number of nitrogens with zero attached hydrogens (tertiary/aromatic N) is 1. The van der Waals surface area contributed by atoms with E-state index in [0.717, 1.165) is 5.92 Å². The average Bonchev–Trinajstić information content (AvgIpc) is 2.28. The van der Waals surface area contributed by atoms with Gasteiger partial charge in [-0.05, 0) is 37.9 Å². The van der Waals surface area contributed by atoms with Gasteiger partial charge < -0.3 is 9.64 Å². The molecule has 106 valence electrons. The molecule has 1 N–H and O–H groups in total. The van der Waals surface area contributed by atoms with E-state index in [1.165, 1.54) is 45.3 Å². The van der Waals surface area contributed by atoms with Crippen molar-refractivity contribution in [3.05, 3.63) is 0 Å². The van der Waals surface area contributed by atoms with E-state index >= 15 is 0 Å². The molecule has 1 aliphatic heterocycles. The molecule has 2 aliphatic rings. The summed E-state index contributed by atoms with van der Waals surface area (Å²) >= 11 is 1.73. The molecule has 1 aliphatic carbocycles. The molecule has 1 heterocycles. The zero-order valence-corrected chi connectivity index (χ0v) is 12.8. The van der Waals surface area contributed by atoms with Crippen molar-refractivity contribution in [3.8, 4) is 0 Å². The monoisotopic (exact) mass is 272 g/mol. The van der Waals surface area contributed by atoms with Crippen molar-refractivity contribution in [3.63, 3.8) is 0 Å². The third kappa shape index (κ3) is 4.41. The topological polar surface area (TPSA) is 24.5 Å². The SMILES string of the molecule is CSN[C@H]1C[C@H](OC2CCN(CC(C)C)CC2)C1. The zero-order chi connectivity index (χ0) is 13.0. The molecular formula is C14H28N2OS. The first-order valence-corrected chi connectivity index (χ1v) is 8.56. The van der Waals surface area contributed by atoms with E-state index < -0.39 is 0 Å². The lowest BCUT2D eigenvalue weighted by Crippen LogP contribution is -2.46. The minimum absolute atomic E-state index is 0.522. The Morgan fingerprint density at radius 2 is 1.89 bits per heavy atom. The van der Waals surface area contributed by atoms with Crippen molar-refractivity contribution in [2.24, 2.45) is 5.92 Å². The summed E-state index contributed by atoms with van der Waals surface area (Å²) in [4.78, 5) is 2.59. The van der Waals surface area contributed by atoms with Crippen molar-refractivity contribution < 1.29 is 4.74 Å². The summed E-state index contributed by atoms with van der Waals surface area (Å²) in [5.41, 5.74) is 0. The van der Waals surface area contributed by atoms with Crippen LogP contribution in [-0.4, -0.2) is 49.0 Å². The summed E-state index contributed by atoms with van der Waals surface area (Å²) in [6.07, 6.45) is 8.00. The van der Waals surface area contributed by atoms with Gasteiger partial charge in [0.15, 0.2) is 0 Å². The molecule has 4 heteroatoms. The first kappa shape index (κ1) is 14.6. The Bertz CT molecular complexity index is 236. The average molecular weight is 272 g/mol. The van der Waals surface area contributed by atoms with Gasteiger partial charge >= 0.3 is 0 Å². The Morgan fingerprint density at radius 1 is 1.22 bits per heavy atom. The van der Waals surface area contributed by atoms with E-state index in [1.807, 2.05) is 0 Å². The van der Waals surface area contributed by atoms with Gasteiger partial charge in [-0.15, -0.1) is 0 Å². The second-order valence-corrected chi connectivity index (χ2v) is 6.79. The van der Waals surface area contributed by atoms with Crippen LogP contribution in [0.2, 0.25) is 0 Å². The molecule has 2 fully saturated rings. The maximum Gasteiger partial charge on any atom is 0.0609 e.